The van der Waals surface area contributed by atoms with Crippen LogP contribution in [0.2, 0.25) is 0 Å². The highest BCUT2D eigenvalue weighted by Gasteiger charge is 2.43. The number of pyridine rings is 2. The van der Waals surface area contributed by atoms with Crippen LogP contribution in [0.1, 0.15) is 25.3 Å². The molecule has 2 aromatic heterocycles. The molecule has 0 radical (unpaired) electrons. The van der Waals surface area contributed by atoms with Gasteiger partial charge in [0.15, 0.2) is 5.82 Å². The minimum atomic E-state index is -0.699. The van der Waals surface area contributed by atoms with E-state index in [1.54, 1.807) is 25.3 Å². The third-order valence-corrected chi connectivity index (χ3v) is 6.14. The van der Waals surface area contributed by atoms with E-state index in [-0.39, 0.29) is 17.1 Å². The van der Waals surface area contributed by atoms with Crippen LogP contribution in [0, 0.1) is 12.7 Å². The number of carbonyl (C=O) groups excluding carboxylic acids is 1. The Hall–Kier alpha value is -3.66. The Labute approximate surface area is 189 Å². The normalized spacial score (nSPS) is 21.4. The van der Waals surface area contributed by atoms with Gasteiger partial charge in [0.05, 0.1) is 11.8 Å². The van der Waals surface area contributed by atoms with Gasteiger partial charge in [-0.1, -0.05) is 0 Å². The van der Waals surface area contributed by atoms with Crippen molar-refractivity contribution >= 4 is 34.1 Å². The first-order valence-electron chi connectivity index (χ1n) is 10.7. The summed E-state index contributed by atoms with van der Waals surface area (Å²) in [5, 5.41) is 16.3. The molecule has 1 saturated carbocycles. The minimum Gasteiger partial charge on any atom is -0.474 e. The van der Waals surface area contributed by atoms with Gasteiger partial charge in [0.25, 0.3) is 0 Å². The van der Waals surface area contributed by atoms with E-state index < -0.39 is 23.6 Å². The first-order valence-corrected chi connectivity index (χ1v) is 10.7. The largest absolute Gasteiger partial charge is 0.474 e. The fraction of sp³-hybridized carbons (Fsp3) is 0.348. The average Bonchev–Trinajstić information content (AvgIpc) is 2.76. The summed E-state index contributed by atoms with van der Waals surface area (Å²) < 4.78 is 26.2. The average molecular weight is 453 g/mol. The van der Waals surface area contributed by atoms with E-state index in [0.717, 1.165) is 11.3 Å². The zero-order chi connectivity index (χ0) is 23.3. The Morgan fingerprint density at radius 1 is 1.33 bits per heavy atom. The molecular weight excluding hydrogens is 429 g/mol. The molecule has 1 aliphatic carbocycles. The number of aliphatic hydroxyl groups is 1. The smallest absolute Gasteiger partial charge is 0.413 e. The number of hydrogen-bond donors (Lipinski definition) is 4. The molecule has 0 saturated heterocycles. The van der Waals surface area contributed by atoms with Crippen LogP contribution in [-0.4, -0.2) is 46.0 Å². The van der Waals surface area contributed by atoms with Gasteiger partial charge in [-0.2, -0.15) is 0 Å². The number of nitrogens with zero attached hydrogens (tertiary/aromatic N) is 2. The molecule has 172 valence electrons. The van der Waals surface area contributed by atoms with Crippen molar-refractivity contribution in [3.05, 3.63) is 35.9 Å². The van der Waals surface area contributed by atoms with Gasteiger partial charge in [0.1, 0.15) is 23.7 Å². The Balaban J connectivity index is 1.49. The Bertz CT molecular complexity index is 1280. The van der Waals surface area contributed by atoms with Gasteiger partial charge in [-0.25, -0.2) is 19.2 Å². The zero-order valence-corrected chi connectivity index (χ0v) is 18.2. The van der Waals surface area contributed by atoms with Gasteiger partial charge >= 0.3 is 6.09 Å². The van der Waals surface area contributed by atoms with Gasteiger partial charge in [-0.3, -0.25) is 5.32 Å². The van der Waals surface area contributed by atoms with E-state index in [0.29, 0.717) is 48.2 Å². The predicted octanol–water partition coefficient (Wildman–Crippen LogP) is 3.59. The fourth-order valence-corrected chi connectivity index (χ4v) is 4.43. The molecule has 3 heterocycles. The molecule has 1 aromatic carbocycles. The summed E-state index contributed by atoms with van der Waals surface area (Å²) in [5.41, 5.74) is 7.76. The molecule has 9 nitrogen and oxygen atoms in total. The van der Waals surface area contributed by atoms with Crippen LogP contribution in [0.4, 0.5) is 26.4 Å². The molecule has 33 heavy (non-hydrogen) atoms. The molecule has 0 spiro atoms. The number of fused-ring (bicyclic) bond motifs is 2. The highest BCUT2D eigenvalue weighted by Crippen LogP contribution is 2.40. The number of aliphatic hydroxyl groups excluding tert-OH is 1. The molecule has 1 aliphatic heterocycles. The molecule has 0 unspecified atom stereocenters. The summed E-state index contributed by atoms with van der Waals surface area (Å²) in [4.78, 5) is 20.8. The van der Waals surface area contributed by atoms with Crippen LogP contribution in [0.25, 0.3) is 21.9 Å². The highest BCUT2D eigenvalue weighted by molar-refractivity contribution is 5.99. The van der Waals surface area contributed by atoms with Gasteiger partial charge in [0.2, 0.25) is 5.88 Å². The number of nitrogens with one attached hydrogen (secondary N) is 2. The predicted molar refractivity (Wildman–Crippen MR) is 122 cm³/mol. The Morgan fingerprint density at radius 3 is 2.88 bits per heavy atom. The minimum absolute atomic E-state index is 0.0403. The summed E-state index contributed by atoms with van der Waals surface area (Å²) in [6.45, 7) is 4.78. The van der Waals surface area contributed by atoms with Crippen molar-refractivity contribution in [2.75, 3.05) is 29.5 Å². The van der Waals surface area contributed by atoms with Crippen molar-refractivity contribution in [2.45, 2.75) is 38.4 Å². The third kappa shape index (κ3) is 3.76. The maximum absolute atomic E-state index is 15.3. The summed E-state index contributed by atoms with van der Waals surface area (Å²) in [6, 6.07) is 3.26. The Morgan fingerprint density at radius 2 is 2.12 bits per heavy atom. The number of aromatic nitrogens is 2. The number of nitrogens with two attached hydrogens (primary N) is 1. The number of halogens is 1. The molecule has 10 heteroatoms. The summed E-state index contributed by atoms with van der Waals surface area (Å²) in [5.74, 6) is 0.157. The van der Waals surface area contributed by atoms with Crippen LogP contribution >= 0.6 is 0 Å². The number of carbonyl (C=O) groups is 1. The van der Waals surface area contributed by atoms with Crippen molar-refractivity contribution in [3.63, 3.8) is 0 Å². The van der Waals surface area contributed by atoms with E-state index in [1.165, 1.54) is 6.20 Å². The second kappa shape index (κ2) is 7.73. The van der Waals surface area contributed by atoms with E-state index in [2.05, 4.69) is 20.6 Å². The van der Waals surface area contributed by atoms with Crippen molar-refractivity contribution in [1.82, 2.24) is 9.97 Å². The molecule has 3 aromatic rings. The molecule has 5 N–H and O–H groups in total. The van der Waals surface area contributed by atoms with E-state index in [1.807, 2.05) is 6.92 Å². The summed E-state index contributed by atoms with van der Waals surface area (Å²) in [7, 11) is 0. The number of amides is 1. The first-order chi connectivity index (χ1) is 15.7. The molecule has 0 atom stereocenters. The molecule has 5 rings (SSSR count). The quantitative estimate of drug-likeness (QED) is 0.443. The lowest BCUT2D eigenvalue weighted by Crippen LogP contribution is -2.48. The molecule has 1 amide bonds. The Kier molecular flexibility index (Phi) is 4.97. The summed E-state index contributed by atoms with van der Waals surface area (Å²) in [6.07, 6.45) is 2.62. The lowest BCUT2D eigenvalue weighted by atomic mass is 9.79. The molecule has 0 bridgehead atoms. The number of ether oxygens (including phenoxy) is 2. The fourth-order valence-electron chi connectivity index (χ4n) is 4.43. The van der Waals surface area contributed by atoms with E-state index in [4.69, 9.17) is 15.2 Å². The van der Waals surface area contributed by atoms with Gasteiger partial charge in [-0.05, 0) is 36.9 Å². The lowest BCUT2D eigenvalue weighted by molar-refractivity contribution is -0.101. The van der Waals surface area contributed by atoms with Crippen molar-refractivity contribution < 1.29 is 23.8 Å². The van der Waals surface area contributed by atoms with Crippen LogP contribution in [-0.2, 0) is 4.74 Å². The van der Waals surface area contributed by atoms with Gasteiger partial charge in [-0.15, -0.1) is 0 Å². The number of nitrogen functional groups attached to an aromatic ring is 1. The van der Waals surface area contributed by atoms with Crippen LogP contribution < -0.4 is 21.1 Å². The van der Waals surface area contributed by atoms with E-state index >= 15 is 4.39 Å². The van der Waals surface area contributed by atoms with Crippen LogP contribution in [0.15, 0.2) is 24.5 Å². The van der Waals surface area contributed by atoms with Gasteiger partial charge < -0.3 is 25.6 Å². The van der Waals surface area contributed by atoms with Crippen molar-refractivity contribution in [3.8, 4) is 17.0 Å². The zero-order valence-electron chi connectivity index (χ0n) is 18.2. The second-order valence-corrected chi connectivity index (χ2v) is 8.72. The summed E-state index contributed by atoms with van der Waals surface area (Å²) >= 11 is 0. The number of hydrogen-bond acceptors (Lipinski definition) is 8. The number of rotatable bonds is 3. The molecule has 2 aliphatic rings. The monoisotopic (exact) mass is 453 g/mol. The number of benzene rings is 1. The number of anilines is 3. The van der Waals surface area contributed by atoms with Crippen LogP contribution in [0.3, 0.4) is 0 Å². The second-order valence-electron chi connectivity index (χ2n) is 8.72. The van der Waals surface area contributed by atoms with Crippen molar-refractivity contribution in [1.29, 1.82) is 0 Å². The third-order valence-electron chi connectivity index (χ3n) is 6.14. The maximum Gasteiger partial charge on any atom is 0.413 e. The lowest BCUT2D eigenvalue weighted by Gasteiger charge is -2.41. The van der Waals surface area contributed by atoms with Crippen molar-refractivity contribution in [2.24, 2.45) is 0 Å². The maximum atomic E-state index is 15.3. The van der Waals surface area contributed by atoms with Gasteiger partial charge in [0, 0.05) is 48.3 Å². The molecule has 1 fully saturated rings. The SMILES string of the molecule is Cc1c(-c2cc3cc(NC(=O)O[C@]4(C)C[C@H](O)C4)ncc3c(N)c2F)cnc2c1NCCO2. The van der Waals surface area contributed by atoms with Crippen LogP contribution in [0.5, 0.6) is 5.88 Å². The van der Waals surface area contributed by atoms with E-state index in [9.17, 15) is 9.90 Å². The molecular formula is C23H24FN5O4. The highest BCUT2D eigenvalue weighted by atomic mass is 19.1. The first kappa shape index (κ1) is 21.2. The topological polar surface area (TPSA) is 132 Å². The standard InChI is InChI=1S/C23H24FN5O4/c1-11-15(9-28-21-20(11)26-3-4-32-21)14-5-12-6-17(27-10-16(12)19(25)18(14)24)29-22(31)33-23(2)7-13(30)8-23/h5-6,9-10,13,26,30H,3-4,7-8,25H2,1-2H3,(H,27,29,31)/t13-,23+.